The van der Waals surface area contributed by atoms with Gasteiger partial charge in [-0.1, -0.05) is 0 Å². The van der Waals surface area contributed by atoms with E-state index in [2.05, 4.69) is 15.9 Å². The Morgan fingerprint density at radius 3 is 2.53 bits per heavy atom. The summed E-state index contributed by atoms with van der Waals surface area (Å²) in [4.78, 5) is 12.5. The van der Waals surface area contributed by atoms with Crippen molar-refractivity contribution < 1.29 is 23.1 Å². The minimum Gasteiger partial charge on any atom is -0.398 e. The number of aliphatic hydroxyl groups is 1. The van der Waals surface area contributed by atoms with Crippen LogP contribution < -0.4 is 5.73 Å². The van der Waals surface area contributed by atoms with Gasteiger partial charge < -0.3 is 15.7 Å². The van der Waals surface area contributed by atoms with E-state index in [-0.39, 0.29) is 11.3 Å². The Bertz CT molecular complexity index is 466. The van der Waals surface area contributed by atoms with Gasteiger partial charge in [-0.3, -0.25) is 4.79 Å². The number of rotatable bonds is 4. The number of hydrogen-bond acceptors (Lipinski definition) is 3. The molecule has 1 rings (SSSR count). The minimum atomic E-state index is -4.52. The SMILES string of the molecule is Nc1cc(C(=O)N(CCO)CC(F)(F)F)ccc1Br. The van der Waals surface area contributed by atoms with Gasteiger partial charge in [-0.25, -0.2) is 0 Å². The highest BCUT2D eigenvalue weighted by Crippen LogP contribution is 2.22. The van der Waals surface area contributed by atoms with Crippen molar-refractivity contribution in [1.82, 2.24) is 4.90 Å². The molecule has 0 aliphatic heterocycles. The molecular weight excluding hydrogens is 329 g/mol. The summed E-state index contributed by atoms with van der Waals surface area (Å²) in [5.41, 5.74) is 5.86. The lowest BCUT2D eigenvalue weighted by Crippen LogP contribution is -2.40. The number of carbonyl (C=O) groups is 1. The maximum Gasteiger partial charge on any atom is 0.406 e. The molecular formula is C11H12BrF3N2O2. The number of alkyl halides is 3. The second kappa shape index (κ2) is 6.25. The van der Waals surface area contributed by atoms with Gasteiger partial charge in [0, 0.05) is 22.3 Å². The number of hydrogen-bond donors (Lipinski definition) is 2. The van der Waals surface area contributed by atoms with E-state index >= 15 is 0 Å². The molecule has 0 saturated heterocycles. The van der Waals surface area contributed by atoms with Crippen LogP contribution in [-0.2, 0) is 0 Å². The van der Waals surface area contributed by atoms with Crippen LogP contribution in [0.3, 0.4) is 0 Å². The molecule has 4 nitrogen and oxygen atoms in total. The highest BCUT2D eigenvalue weighted by molar-refractivity contribution is 9.10. The maximum atomic E-state index is 12.3. The van der Waals surface area contributed by atoms with Gasteiger partial charge in [-0.15, -0.1) is 0 Å². The van der Waals surface area contributed by atoms with E-state index in [4.69, 9.17) is 10.8 Å². The van der Waals surface area contributed by atoms with Crippen molar-refractivity contribution >= 4 is 27.5 Å². The van der Waals surface area contributed by atoms with E-state index in [0.29, 0.717) is 9.37 Å². The number of aliphatic hydroxyl groups excluding tert-OH is 1. The molecule has 19 heavy (non-hydrogen) atoms. The van der Waals surface area contributed by atoms with Gasteiger partial charge in [-0.05, 0) is 34.1 Å². The van der Waals surface area contributed by atoms with Gasteiger partial charge in [0.15, 0.2) is 0 Å². The summed E-state index contributed by atoms with van der Waals surface area (Å²) in [7, 11) is 0. The zero-order valence-corrected chi connectivity index (χ0v) is 11.3. The molecule has 3 N–H and O–H groups in total. The Morgan fingerprint density at radius 1 is 1.42 bits per heavy atom. The average Bonchev–Trinajstić information content (AvgIpc) is 2.29. The van der Waals surface area contributed by atoms with Crippen LogP contribution in [0.25, 0.3) is 0 Å². The fraction of sp³-hybridized carbons (Fsp3) is 0.364. The smallest absolute Gasteiger partial charge is 0.398 e. The molecule has 0 bridgehead atoms. The third-order valence-corrected chi connectivity index (χ3v) is 2.99. The molecule has 0 saturated carbocycles. The number of amides is 1. The summed E-state index contributed by atoms with van der Waals surface area (Å²) < 4.78 is 37.6. The first-order chi connectivity index (χ1) is 8.74. The van der Waals surface area contributed by atoms with Crippen molar-refractivity contribution in [2.24, 2.45) is 0 Å². The van der Waals surface area contributed by atoms with Gasteiger partial charge in [-0.2, -0.15) is 13.2 Å². The second-order valence-corrected chi connectivity index (χ2v) is 4.66. The van der Waals surface area contributed by atoms with Crippen LogP contribution in [0, 0.1) is 0 Å². The van der Waals surface area contributed by atoms with Crippen molar-refractivity contribution in [3.05, 3.63) is 28.2 Å². The third-order valence-electron chi connectivity index (χ3n) is 2.27. The standard InChI is InChI=1S/C11H12BrF3N2O2/c12-8-2-1-7(5-9(8)16)10(19)17(3-4-18)6-11(13,14)15/h1-2,5,18H,3-4,6,16H2. The fourth-order valence-corrected chi connectivity index (χ4v) is 1.70. The number of nitrogen functional groups attached to an aromatic ring is 1. The predicted octanol–water partition coefficient (Wildman–Crippen LogP) is 2.03. The van der Waals surface area contributed by atoms with E-state index in [9.17, 15) is 18.0 Å². The molecule has 0 aromatic heterocycles. The summed E-state index contributed by atoms with van der Waals surface area (Å²) in [5, 5.41) is 8.73. The lowest BCUT2D eigenvalue weighted by atomic mass is 10.1. The van der Waals surface area contributed by atoms with E-state index in [1.165, 1.54) is 18.2 Å². The Labute approximate surface area is 116 Å². The summed E-state index contributed by atoms with van der Waals surface area (Å²) in [6.07, 6.45) is -4.52. The van der Waals surface area contributed by atoms with Gasteiger partial charge in [0.1, 0.15) is 6.54 Å². The Balaban J connectivity index is 2.95. The van der Waals surface area contributed by atoms with Crippen LogP contribution in [-0.4, -0.2) is 41.8 Å². The Morgan fingerprint density at radius 2 is 2.05 bits per heavy atom. The van der Waals surface area contributed by atoms with Crippen LogP contribution in [0.1, 0.15) is 10.4 Å². The lowest BCUT2D eigenvalue weighted by molar-refractivity contribution is -0.141. The van der Waals surface area contributed by atoms with Crippen molar-refractivity contribution in [1.29, 1.82) is 0 Å². The lowest BCUT2D eigenvalue weighted by Gasteiger charge is -2.23. The largest absolute Gasteiger partial charge is 0.406 e. The number of nitrogens with two attached hydrogens (primary N) is 1. The highest BCUT2D eigenvalue weighted by atomic mass is 79.9. The summed E-state index contributed by atoms with van der Waals surface area (Å²) in [5.74, 6) is -0.828. The average molecular weight is 341 g/mol. The number of benzene rings is 1. The Kier molecular flexibility index (Phi) is 5.19. The van der Waals surface area contributed by atoms with Gasteiger partial charge >= 0.3 is 6.18 Å². The van der Waals surface area contributed by atoms with Crippen LogP contribution >= 0.6 is 15.9 Å². The quantitative estimate of drug-likeness (QED) is 0.824. The Hall–Kier alpha value is -1.28. The van der Waals surface area contributed by atoms with Crippen molar-refractivity contribution in [3.63, 3.8) is 0 Å². The van der Waals surface area contributed by atoms with Gasteiger partial charge in [0.25, 0.3) is 5.91 Å². The molecule has 1 aromatic rings. The van der Waals surface area contributed by atoms with Crippen molar-refractivity contribution in [2.75, 3.05) is 25.4 Å². The number of nitrogens with zero attached hydrogens (tertiary/aromatic N) is 1. The first kappa shape index (κ1) is 15.8. The molecule has 0 heterocycles. The van der Waals surface area contributed by atoms with Crippen LogP contribution in [0.2, 0.25) is 0 Å². The van der Waals surface area contributed by atoms with Crippen LogP contribution in [0.15, 0.2) is 22.7 Å². The van der Waals surface area contributed by atoms with Crippen molar-refractivity contribution in [3.8, 4) is 0 Å². The minimum absolute atomic E-state index is 0.0402. The third kappa shape index (κ3) is 4.71. The molecule has 0 spiro atoms. The molecule has 0 fully saturated rings. The van der Waals surface area contributed by atoms with Gasteiger partial charge in [0.05, 0.1) is 6.61 Å². The first-order valence-electron chi connectivity index (χ1n) is 5.26. The number of halogens is 4. The molecule has 1 amide bonds. The zero-order chi connectivity index (χ0) is 14.6. The maximum absolute atomic E-state index is 12.3. The molecule has 0 atom stereocenters. The monoisotopic (exact) mass is 340 g/mol. The molecule has 1 aromatic carbocycles. The molecule has 106 valence electrons. The van der Waals surface area contributed by atoms with Crippen molar-refractivity contribution in [2.45, 2.75) is 6.18 Å². The van der Waals surface area contributed by atoms with E-state index in [1.807, 2.05) is 0 Å². The number of carbonyl (C=O) groups excluding carboxylic acids is 1. The number of anilines is 1. The van der Waals surface area contributed by atoms with E-state index in [1.54, 1.807) is 0 Å². The second-order valence-electron chi connectivity index (χ2n) is 3.80. The molecule has 0 radical (unpaired) electrons. The highest BCUT2D eigenvalue weighted by Gasteiger charge is 2.33. The van der Waals surface area contributed by atoms with Gasteiger partial charge in [0.2, 0.25) is 0 Å². The predicted molar refractivity (Wildman–Crippen MR) is 67.6 cm³/mol. The normalized spacial score (nSPS) is 11.4. The molecule has 0 unspecified atom stereocenters. The molecule has 8 heteroatoms. The summed E-state index contributed by atoms with van der Waals surface area (Å²) in [6, 6.07) is 4.13. The molecule has 0 aliphatic carbocycles. The fourth-order valence-electron chi connectivity index (χ4n) is 1.45. The summed E-state index contributed by atoms with van der Waals surface area (Å²) in [6.45, 7) is -2.36. The zero-order valence-electron chi connectivity index (χ0n) is 9.75. The van der Waals surface area contributed by atoms with Crippen LogP contribution in [0.5, 0.6) is 0 Å². The summed E-state index contributed by atoms with van der Waals surface area (Å²) >= 11 is 3.13. The first-order valence-corrected chi connectivity index (χ1v) is 6.06. The van der Waals surface area contributed by atoms with Crippen LogP contribution in [0.4, 0.5) is 18.9 Å². The molecule has 0 aliphatic rings. The van der Waals surface area contributed by atoms with E-state index < -0.39 is 31.8 Å². The van der Waals surface area contributed by atoms with E-state index in [0.717, 1.165) is 0 Å². The topological polar surface area (TPSA) is 66.6 Å².